The van der Waals surface area contributed by atoms with Crippen LogP contribution in [0.5, 0.6) is 0 Å². The summed E-state index contributed by atoms with van der Waals surface area (Å²) in [5, 5.41) is 1.77. The number of halogens is 1. The third-order valence-corrected chi connectivity index (χ3v) is 4.49. The summed E-state index contributed by atoms with van der Waals surface area (Å²) >= 11 is 6.27. The number of benzene rings is 2. The fraction of sp³-hybridized carbons (Fsp3) is 0.211. The molecule has 0 aliphatic heterocycles. The zero-order valence-electron chi connectivity index (χ0n) is 12.8. The zero-order chi connectivity index (χ0) is 15.5. The number of pyridine rings is 1. The van der Waals surface area contributed by atoms with Gasteiger partial charge in [0.05, 0.1) is 5.52 Å². The number of rotatable bonds is 4. The quantitative estimate of drug-likeness (QED) is 0.668. The van der Waals surface area contributed by atoms with Gasteiger partial charge in [-0.2, -0.15) is 0 Å². The van der Waals surface area contributed by atoms with Crippen LogP contribution in [0, 0.1) is 0 Å². The van der Waals surface area contributed by atoms with Crippen LogP contribution in [-0.4, -0.2) is 16.9 Å². The van der Waals surface area contributed by atoms with Crippen LogP contribution >= 0.6 is 11.6 Å². The predicted molar refractivity (Wildman–Crippen MR) is 93.1 cm³/mol. The number of nitrogens with zero attached hydrogens (tertiary/aromatic N) is 2. The van der Waals surface area contributed by atoms with Crippen LogP contribution in [0.4, 0.5) is 0 Å². The Morgan fingerprint density at radius 1 is 1.05 bits per heavy atom. The van der Waals surface area contributed by atoms with Crippen LogP contribution in [-0.2, 0) is 6.54 Å². The molecule has 3 rings (SSSR count). The molecular formula is C19H19ClN2. The highest BCUT2D eigenvalue weighted by Gasteiger charge is 2.14. The monoisotopic (exact) mass is 310 g/mol. The predicted octanol–water partition coefficient (Wildman–Crippen LogP) is 5.08. The molecule has 1 heterocycles. The summed E-state index contributed by atoms with van der Waals surface area (Å²) in [6.07, 6.45) is 1.82. The second kappa shape index (κ2) is 6.47. The van der Waals surface area contributed by atoms with Gasteiger partial charge in [0.25, 0.3) is 0 Å². The van der Waals surface area contributed by atoms with Crippen molar-refractivity contribution in [2.45, 2.75) is 19.5 Å². The van der Waals surface area contributed by atoms with Gasteiger partial charge in [-0.05, 0) is 43.3 Å². The van der Waals surface area contributed by atoms with Crippen molar-refractivity contribution in [2.75, 3.05) is 7.05 Å². The van der Waals surface area contributed by atoms with Crippen molar-refractivity contribution in [3.05, 3.63) is 76.9 Å². The maximum Gasteiger partial charge on any atom is 0.0761 e. The van der Waals surface area contributed by atoms with Gasteiger partial charge in [-0.15, -0.1) is 0 Å². The highest BCUT2D eigenvalue weighted by Crippen LogP contribution is 2.27. The Bertz CT molecular complexity index is 771. The van der Waals surface area contributed by atoms with Crippen LogP contribution in [0.3, 0.4) is 0 Å². The molecule has 0 fully saturated rings. The Balaban J connectivity index is 1.89. The Morgan fingerprint density at radius 2 is 1.82 bits per heavy atom. The summed E-state index contributed by atoms with van der Waals surface area (Å²) in [5.74, 6) is 0. The van der Waals surface area contributed by atoms with Crippen LogP contribution < -0.4 is 0 Å². The van der Waals surface area contributed by atoms with E-state index in [1.54, 1.807) is 0 Å². The Hall–Kier alpha value is -1.90. The molecule has 0 bridgehead atoms. The van der Waals surface area contributed by atoms with Crippen LogP contribution in [0.15, 0.2) is 60.8 Å². The van der Waals surface area contributed by atoms with Crippen LogP contribution in [0.25, 0.3) is 10.9 Å². The molecule has 112 valence electrons. The highest BCUT2D eigenvalue weighted by molar-refractivity contribution is 6.35. The minimum absolute atomic E-state index is 0.343. The lowest BCUT2D eigenvalue weighted by Crippen LogP contribution is -2.22. The highest BCUT2D eigenvalue weighted by atomic mass is 35.5. The van der Waals surface area contributed by atoms with E-state index in [-0.39, 0.29) is 0 Å². The Labute approximate surface area is 136 Å². The summed E-state index contributed by atoms with van der Waals surface area (Å²) in [6.45, 7) is 3.06. The SMILES string of the molecule is CC(c1ccccc1)N(C)Cc1ccc(Cl)c2cccnc12. The molecule has 1 aromatic heterocycles. The van der Waals surface area contributed by atoms with Crippen molar-refractivity contribution >= 4 is 22.5 Å². The standard InChI is InChI=1S/C19H19ClN2/c1-14(15-7-4-3-5-8-15)22(2)13-16-10-11-18(20)17-9-6-12-21-19(16)17/h3-12,14H,13H2,1-2H3. The van der Waals surface area contributed by atoms with Crippen molar-refractivity contribution in [1.82, 2.24) is 9.88 Å². The van der Waals surface area contributed by atoms with Gasteiger partial charge in [0.15, 0.2) is 0 Å². The molecule has 0 saturated carbocycles. The summed E-state index contributed by atoms with van der Waals surface area (Å²) in [6, 6.07) is 18.9. The maximum atomic E-state index is 6.27. The van der Waals surface area contributed by atoms with E-state index in [1.807, 2.05) is 30.5 Å². The molecule has 2 nitrogen and oxygen atoms in total. The third-order valence-electron chi connectivity index (χ3n) is 4.16. The van der Waals surface area contributed by atoms with Crippen LogP contribution in [0.2, 0.25) is 5.02 Å². The van der Waals surface area contributed by atoms with E-state index in [9.17, 15) is 0 Å². The molecule has 0 N–H and O–H groups in total. The summed E-state index contributed by atoms with van der Waals surface area (Å²) in [4.78, 5) is 6.84. The van der Waals surface area contributed by atoms with Gasteiger partial charge in [0.1, 0.15) is 0 Å². The normalized spacial score (nSPS) is 12.7. The van der Waals surface area contributed by atoms with Crippen molar-refractivity contribution in [3.8, 4) is 0 Å². The first kappa shape index (κ1) is 15.0. The van der Waals surface area contributed by atoms with Crippen molar-refractivity contribution < 1.29 is 0 Å². The second-order valence-corrected chi connectivity index (χ2v) is 6.02. The second-order valence-electron chi connectivity index (χ2n) is 5.61. The number of hydrogen-bond acceptors (Lipinski definition) is 2. The van der Waals surface area contributed by atoms with Gasteiger partial charge in [0, 0.05) is 29.2 Å². The lowest BCUT2D eigenvalue weighted by Gasteiger charge is -2.25. The van der Waals surface area contributed by atoms with Gasteiger partial charge in [-0.3, -0.25) is 9.88 Å². The summed E-state index contributed by atoms with van der Waals surface area (Å²) < 4.78 is 0. The minimum atomic E-state index is 0.343. The van der Waals surface area contributed by atoms with E-state index in [1.165, 1.54) is 11.1 Å². The van der Waals surface area contributed by atoms with E-state index in [0.717, 1.165) is 22.5 Å². The molecule has 3 heteroatoms. The molecule has 3 aromatic rings. The number of fused-ring (bicyclic) bond motifs is 1. The van der Waals surface area contributed by atoms with Gasteiger partial charge in [-0.25, -0.2) is 0 Å². The summed E-state index contributed by atoms with van der Waals surface area (Å²) in [5.41, 5.74) is 3.50. The fourth-order valence-electron chi connectivity index (χ4n) is 2.72. The van der Waals surface area contributed by atoms with Gasteiger partial charge >= 0.3 is 0 Å². The van der Waals surface area contributed by atoms with E-state index in [0.29, 0.717) is 6.04 Å². The largest absolute Gasteiger partial charge is 0.295 e. The van der Waals surface area contributed by atoms with Gasteiger partial charge in [-0.1, -0.05) is 48.0 Å². The topological polar surface area (TPSA) is 16.1 Å². The minimum Gasteiger partial charge on any atom is -0.295 e. The molecule has 0 aliphatic carbocycles. The molecule has 0 saturated heterocycles. The number of hydrogen-bond donors (Lipinski definition) is 0. The zero-order valence-corrected chi connectivity index (χ0v) is 13.6. The van der Waals surface area contributed by atoms with Gasteiger partial charge in [0.2, 0.25) is 0 Å². The summed E-state index contributed by atoms with van der Waals surface area (Å²) in [7, 11) is 2.14. The molecule has 0 spiro atoms. The van der Waals surface area contributed by atoms with Gasteiger partial charge < -0.3 is 0 Å². The molecule has 1 atom stereocenters. The molecule has 0 amide bonds. The molecular weight excluding hydrogens is 292 g/mol. The smallest absolute Gasteiger partial charge is 0.0761 e. The third kappa shape index (κ3) is 2.99. The first-order valence-corrected chi connectivity index (χ1v) is 7.82. The van der Waals surface area contributed by atoms with E-state index >= 15 is 0 Å². The molecule has 22 heavy (non-hydrogen) atoms. The molecule has 0 aliphatic rings. The van der Waals surface area contributed by atoms with E-state index < -0.39 is 0 Å². The molecule has 1 unspecified atom stereocenters. The first-order chi connectivity index (χ1) is 10.7. The maximum absolute atomic E-state index is 6.27. The lowest BCUT2D eigenvalue weighted by atomic mass is 10.1. The molecule has 2 aromatic carbocycles. The van der Waals surface area contributed by atoms with E-state index in [2.05, 4.69) is 54.2 Å². The van der Waals surface area contributed by atoms with E-state index in [4.69, 9.17) is 11.6 Å². The van der Waals surface area contributed by atoms with Crippen LogP contribution in [0.1, 0.15) is 24.1 Å². The van der Waals surface area contributed by atoms with Crippen molar-refractivity contribution in [3.63, 3.8) is 0 Å². The Morgan fingerprint density at radius 3 is 2.59 bits per heavy atom. The fourth-order valence-corrected chi connectivity index (χ4v) is 2.93. The average Bonchev–Trinajstić information content (AvgIpc) is 2.57. The first-order valence-electron chi connectivity index (χ1n) is 7.44. The number of aromatic nitrogens is 1. The van der Waals surface area contributed by atoms with Crippen molar-refractivity contribution in [2.24, 2.45) is 0 Å². The molecule has 0 radical (unpaired) electrons. The van der Waals surface area contributed by atoms with Crippen molar-refractivity contribution in [1.29, 1.82) is 0 Å². The Kier molecular flexibility index (Phi) is 4.41. The average molecular weight is 311 g/mol. The lowest BCUT2D eigenvalue weighted by molar-refractivity contribution is 0.254.